The van der Waals surface area contributed by atoms with Crippen molar-refractivity contribution in [1.29, 1.82) is 5.26 Å². The average Bonchev–Trinajstić information content (AvgIpc) is 3.07. The number of hydrogen-bond donors (Lipinski definition) is 1. The number of nitriles is 1. The Balaban J connectivity index is 1.86. The molecule has 21 heavy (non-hydrogen) atoms. The van der Waals surface area contributed by atoms with Crippen LogP contribution in [0.3, 0.4) is 0 Å². The zero-order valence-corrected chi connectivity index (χ0v) is 12.6. The van der Waals surface area contributed by atoms with Crippen molar-refractivity contribution < 1.29 is 4.79 Å². The summed E-state index contributed by atoms with van der Waals surface area (Å²) in [6, 6.07) is 11.6. The molecule has 2 heterocycles. The van der Waals surface area contributed by atoms with Crippen LogP contribution in [0.2, 0.25) is 0 Å². The van der Waals surface area contributed by atoms with E-state index in [0.29, 0.717) is 22.7 Å². The maximum atomic E-state index is 11.7. The maximum absolute atomic E-state index is 11.7. The molecule has 2 aromatic rings. The Kier molecular flexibility index (Phi) is 3.65. The van der Waals surface area contributed by atoms with E-state index in [-0.39, 0.29) is 5.78 Å². The molecule has 0 atom stereocenters. The van der Waals surface area contributed by atoms with Crippen LogP contribution in [0.1, 0.15) is 16.9 Å². The second-order valence-electron chi connectivity index (χ2n) is 4.63. The van der Waals surface area contributed by atoms with Crippen molar-refractivity contribution in [1.82, 2.24) is 5.32 Å². The highest BCUT2D eigenvalue weighted by molar-refractivity contribution is 7.80. The fourth-order valence-corrected chi connectivity index (χ4v) is 3.17. The van der Waals surface area contributed by atoms with Gasteiger partial charge in [0.2, 0.25) is 0 Å². The Morgan fingerprint density at radius 2 is 2.05 bits per heavy atom. The number of carbonyl (C=O) groups excluding carboxylic acids is 1. The van der Waals surface area contributed by atoms with E-state index in [9.17, 15) is 4.79 Å². The third kappa shape index (κ3) is 2.92. The number of ketones is 1. The van der Waals surface area contributed by atoms with E-state index in [0.717, 1.165) is 16.0 Å². The first-order valence-corrected chi connectivity index (χ1v) is 7.58. The number of nitrogens with zero attached hydrogens (tertiary/aromatic N) is 1. The molecule has 3 rings (SSSR count). The quantitative estimate of drug-likeness (QED) is 0.681. The van der Waals surface area contributed by atoms with Gasteiger partial charge in [-0.1, -0.05) is 24.4 Å². The van der Waals surface area contributed by atoms with Crippen LogP contribution in [0.4, 0.5) is 0 Å². The lowest BCUT2D eigenvalue weighted by Crippen LogP contribution is -2.10. The average molecular weight is 310 g/mol. The summed E-state index contributed by atoms with van der Waals surface area (Å²) in [7, 11) is 0. The highest BCUT2D eigenvalue weighted by atomic mass is 32.1. The molecule has 0 radical (unpaired) electrons. The minimum Gasteiger partial charge on any atom is -0.347 e. The summed E-state index contributed by atoms with van der Waals surface area (Å²) < 4.78 is 0. The van der Waals surface area contributed by atoms with E-state index in [1.807, 2.05) is 29.7 Å². The van der Waals surface area contributed by atoms with Crippen molar-refractivity contribution in [3.8, 4) is 17.2 Å². The smallest absolute Gasteiger partial charge is 0.185 e. The van der Waals surface area contributed by atoms with Crippen LogP contribution >= 0.6 is 23.6 Å². The second kappa shape index (κ2) is 5.60. The molecule has 1 fully saturated rings. The summed E-state index contributed by atoms with van der Waals surface area (Å²) in [5, 5.41) is 13.8. The van der Waals surface area contributed by atoms with E-state index in [1.54, 1.807) is 23.5 Å². The van der Waals surface area contributed by atoms with Gasteiger partial charge in [0.15, 0.2) is 5.78 Å². The normalized spacial score (nSPS) is 16.0. The molecule has 0 aliphatic carbocycles. The van der Waals surface area contributed by atoms with Gasteiger partial charge in [0.1, 0.15) is 0 Å². The van der Waals surface area contributed by atoms with Gasteiger partial charge in [0.25, 0.3) is 0 Å². The number of thiophene rings is 1. The molecule has 1 aromatic heterocycles. The van der Waals surface area contributed by atoms with Gasteiger partial charge in [-0.15, -0.1) is 11.3 Å². The number of hydrogen-bond acceptors (Lipinski definition) is 4. The highest BCUT2D eigenvalue weighted by Gasteiger charge is 2.21. The number of thiocarbonyl (C=S) groups is 1. The molecule has 102 valence electrons. The Morgan fingerprint density at radius 3 is 2.67 bits per heavy atom. The van der Waals surface area contributed by atoms with Crippen LogP contribution in [0, 0.1) is 11.3 Å². The summed E-state index contributed by atoms with van der Waals surface area (Å²) in [5.41, 5.74) is 3.33. The first-order chi connectivity index (χ1) is 10.2. The largest absolute Gasteiger partial charge is 0.347 e. The highest BCUT2D eigenvalue weighted by Crippen LogP contribution is 2.27. The van der Waals surface area contributed by atoms with Gasteiger partial charge in [-0.05, 0) is 40.8 Å². The van der Waals surface area contributed by atoms with Gasteiger partial charge in [0, 0.05) is 4.88 Å². The molecule has 0 bridgehead atoms. The number of carbonyl (C=O) groups is 1. The monoisotopic (exact) mass is 310 g/mol. The fourth-order valence-electron chi connectivity index (χ4n) is 2.08. The standard InChI is InChI=1S/C16H10N2OS2/c17-8-10-1-3-11(4-2-10)12-5-13(21-9-12)6-14-15(19)7-16(20)18-14/h1-6,9H,7H2,(H,18,20). The molecule has 1 aliphatic heterocycles. The van der Waals surface area contributed by atoms with Gasteiger partial charge >= 0.3 is 0 Å². The number of allylic oxidation sites excluding steroid dienone is 1. The number of nitrogens with one attached hydrogen (secondary N) is 1. The van der Waals surface area contributed by atoms with E-state index in [2.05, 4.69) is 11.4 Å². The topological polar surface area (TPSA) is 52.9 Å². The van der Waals surface area contributed by atoms with Crippen LogP contribution in [0.15, 0.2) is 41.4 Å². The van der Waals surface area contributed by atoms with Crippen molar-refractivity contribution in [2.45, 2.75) is 6.42 Å². The Hall–Kier alpha value is -2.29. The minimum absolute atomic E-state index is 0.0355. The Labute approximate surface area is 131 Å². The molecule has 0 spiro atoms. The van der Waals surface area contributed by atoms with Crippen molar-refractivity contribution in [3.05, 3.63) is 51.8 Å². The van der Waals surface area contributed by atoms with Crippen LogP contribution < -0.4 is 5.32 Å². The van der Waals surface area contributed by atoms with Crippen LogP contribution in [-0.4, -0.2) is 10.8 Å². The predicted molar refractivity (Wildman–Crippen MR) is 87.8 cm³/mol. The van der Waals surface area contributed by atoms with E-state index in [1.165, 1.54) is 0 Å². The van der Waals surface area contributed by atoms with Gasteiger partial charge in [-0.3, -0.25) is 4.79 Å². The molecule has 0 saturated carbocycles. The minimum atomic E-state index is 0.0355. The molecule has 1 saturated heterocycles. The molecular formula is C16H10N2OS2. The number of Topliss-reactive ketones (excluding diaryl/α,β-unsaturated/α-hetero) is 1. The summed E-state index contributed by atoms with van der Waals surface area (Å²) in [6.07, 6.45) is 2.13. The first kappa shape index (κ1) is 13.7. The Bertz CT molecular complexity index is 794. The summed E-state index contributed by atoms with van der Waals surface area (Å²) in [6.45, 7) is 0. The third-order valence-electron chi connectivity index (χ3n) is 3.15. The van der Waals surface area contributed by atoms with Gasteiger partial charge in [0.05, 0.1) is 28.7 Å². The van der Waals surface area contributed by atoms with Gasteiger partial charge in [-0.25, -0.2) is 0 Å². The second-order valence-corrected chi connectivity index (χ2v) is 6.07. The van der Waals surface area contributed by atoms with E-state index in [4.69, 9.17) is 17.5 Å². The van der Waals surface area contributed by atoms with Gasteiger partial charge in [-0.2, -0.15) is 5.26 Å². The molecule has 0 amide bonds. The van der Waals surface area contributed by atoms with Crippen LogP contribution in [-0.2, 0) is 4.79 Å². The molecule has 1 N–H and O–H groups in total. The van der Waals surface area contributed by atoms with Crippen LogP contribution in [0.5, 0.6) is 0 Å². The lowest BCUT2D eigenvalue weighted by atomic mass is 10.1. The predicted octanol–water partition coefficient (Wildman–Crippen LogP) is 3.52. The third-order valence-corrected chi connectivity index (χ3v) is 4.28. The first-order valence-electron chi connectivity index (χ1n) is 6.29. The molecule has 5 heteroatoms. The molecule has 0 unspecified atom stereocenters. The van der Waals surface area contributed by atoms with Gasteiger partial charge < -0.3 is 5.32 Å². The van der Waals surface area contributed by atoms with E-state index < -0.39 is 0 Å². The Morgan fingerprint density at radius 1 is 1.29 bits per heavy atom. The molecule has 1 aromatic carbocycles. The van der Waals surface area contributed by atoms with Crippen molar-refractivity contribution in [2.24, 2.45) is 0 Å². The zero-order chi connectivity index (χ0) is 14.8. The van der Waals surface area contributed by atoms with Crippen molar-refractivity contribution in [2.75, 3.05) is 0 Å². The lowest BCUT2D eigenvalue weighted by molar-refractivity contribution is -0.113. The number of rotatable bonds is 2. The zero-order valence-electron chi connectivity index (χ0n) is 10.9. The molecule has 1 aliphatic rings. The SMILES string of the molecule is N#Cc1ccc(-c2csc(C=C3NC(=S)CC3=O)c2)cc1. The lowest BCUT2D eigenvalue weighted by Gasteiger charge is -1.97. The summed E-state index contributed by atoms with van der Waals surface area (Å²) in [4.78, 5) is 13.3. The summed E-state index contributed by atoms with van der Waals surface area (Å²) in [5.74, 6) is 0.0355. The molecular weight excluding hydrogens is 300 g/mol. The maximum Gasteiger partial charge on any atom is 0.185 e. The van der Waals surface area contributed by atoms with Crippen LogP contribution in [0.25, 0.3) is 17.2 Å². The number of benzene rings is 1. The van der Waals surface area contributed by atoms with Crippen molar-refractivity contribution >= 4 is 40.4 Å². The van der Waals surface area contributed by atoms with Crippen molar-refractivity contribution in [3.63, 3.8) is 0 Å². The molecule has 3 nitrogen and oxygen atoms in total. The van der Waals surface area contributed by atoms with E-state index >= 15 is 0 Å². The summed E-state index contributed by atoms with van der Waals surface area (Å²) >= 11 is 6.57. The fraction of sp³-hybridized carbons (Fsp3) is 0.0625.